The molecule has 0 aromatic rings. The van der Waals surface area contributed by atoms with Gasteiger partial charge >= 0.3 is 0 Å². The molecule has 0 bridgehead atoms. The minimum Gasteiger partial charge on any atom is -0.340 e. The van der Waals surface area contributed by atoms with Crippen molar-refractivity contribution in [1.29, 1.82) is 0 Å². The minimum absolute atomic E-state index is 0.187. The molecule has 1 rings (SSSR count). The minimum atomic E-state index is 0.187. The molecule has 3 nitrogen and oxygen atoms in total. The maximum atomic E-state index is 12.0. The fourth-order valence-electron chi connectivity index (χ4n) is 2.25. The first-order chi connectivity index (χ1) is 6.56. The first-order valence-corrected chi connectivity index (χ1v) is 5.62. The highest BCUT2D eigenvalue weighted by atomic mass is 16.2. The van der Waals surface area contributed by atoms with Crippen LogP contribution in [0.25, 0.3) is 0 Å². The summed E-state index contributed by atoms with van der Waals surface area (Å²) in [6, 6.07) is 0.555. The largest absolute Gasteiger partial charge is 0.340 e. The van der Waals surface area contributed by atoms with Crippen molar-refractivity contribution in [3.8, 4) is 0 Å². The molecule has 0 spiro atoms. The predicted molar refractivity (Wildman–Crippen MR) is 57.8 cm³/mol. The van der Waals surface area contributed by atoms with Gasteiger partial charge in [-0.3, -0.25) is 4.79 Å². The zero-order chi connectivity index (χ0) is 10.7. The van der Waals surface area contributed by atoms with Gasteiger partial charge in [0.2, 0.25) is 5.91 Å². The molecule has 1 amide bonds. The SMILES string of the molecule is CCN(C(=O)[C@H]1CC[C@@H](N)C1)C(C)C. The van der Waals surface area contributed by atoms with Gasteiger partial charge in [0.15, 0.2) is 0 Å². The van der Waals surface area contributed by atoms with E-state index in [9.17, 15) is 4.79 Å². The summed E-state index contributed by atoms with van der Waals surface area (Å²) >= 11 is 0. The lowest BCUT2D eigenvalue weighted by molar-refractivity contribution is -0.136. The first-order valence-electron chi connectivity index (χ1n) is 5.62. The van der Waals surface area contributed by atoms with Crippen LogP contribution in [-0.2, 0) is 4.79 Å². The second-order valence-corrected chi connectivity index (χ2v) is 4.49. The molecular weight excluding hydrogens is 176 g/mol. The Kier molecular flexibility index (Phi) is 3.93. The van der Waals surface area contributed by atoms with E-state index in [0.717, 1.165) is 25.8 Å². The third-order valence-electron chi connectivity index (χ3n) is 3.07. The summed E-state index contributed by atoms with van der Waals surface area (Å²) < 4.78 is 0. The summed E-state index contributed by atoms with van der Waals surface area (Å²) in [6.07, 6.45) is 2.86. The Hall–Kier alpha value is -0.570. The number of carbonyl (C=O) groups is 1. The summed E-state index contributed by atoms with van der Waals surface area (Å²) in [7, 11) is 0. The average molecular weight is 198 g/mol. The van der Waals surface area contributed by atoms with Crippen LogP contribution < -0.4 is 5.73 Å². The molecular formula is C11H22N2O. The van der Waals surface area contributed by atoms with Crippen LogP contribution in [0.3, 0.4) is 0 Å². The van der Waals surface area contributed by atoms with Gasteiger partial charge in [-0.1, -0.05) is 0 Å². The zero-order valence-corrected chi connectivity index (χ0v) is 9.49. The van der Waals surface area contributed by atoms with Gasteiger partial charge < -0.3 is 10.6 Å². The van der Waals surface area contributed by atoms with Crippen LogP contribution in [0.1, 0.15) is 40.0 Å². The Balaban J connectivity index is 2.55. The third-order valence-corrected chi connectivity index (χ3v) is 3.07. The lowest BCUT2D eigenvalue weighted by Crippen LogP contribution is -2.40. The summed E-state index contributed by atoms with van der Waals surface area (Å²) in [4.78, 5) is 14.0. The second-order valence-electron chi connectivity index (χ2n) is 4.49. The van der Waals surface area contributed by atoms with Gasteiger partial charge in [-0.05, 0) is 40.0 Å². The Morgan fingerprint density at radius 1 is 1.50 bits per heavy atom. The van der Waals surface area contributed by atoms with Crippen LogP contribution in [0.2, 0.25) is 0 Å². The van der Waals surface area contributed by atoms with Crippen LogP contribution >= 0.6 is 0 Å². The number of hydrogen-bond donors (Lipinski definition) is 1. The van der Waals surface area contributed by atoms with Crippen molar-refractivity contribution in [1.82, 2.24) is 4.90 Å². The summed E-state index contributed by atoms with van der Waals surface area (Å²) in [6.45, 7) is 6.97. The normalized spacial score (nSPS) is 26.9. The van der Waals surface area contributed by atoms with Crippen LogP contribution in [0, 0.1) is 5.92 Å². The monoisotopic (exact) mass is 198 g/mol. The smallest absolute Gasteiger partial charge is 0.225 e. The van der Waals surface area contributed by atoms with Crippen molar-refractivity contribution in [2.75, 3.05) is 6.54 Å². The number of nitrogens with zero attached hydrogens (tertiary/aromatic N) is 1. The van der Waals surface area contributed by atoms with E-state index >= 15 is 0 Å². The molecule has 0 aromatic carbocycles. The van der Waals surface area contributed by atoms with E-state index in [-0.39, 0.29) is 12.0 Å². The molecule has 0 aromatic heterocycles. The van der Waals surface area contributed by atoms with E-state index in [1.54, 1.807) is 0 Å². The van der Waals surface area contributed by atoms with Gasteiger partial charge in [0.1, 0.15) is 0 Å². The van der Waals surface area contributed by atoms with Crippen LogP contribution in [-0.4, -0.2) is 29.4 Å². The van der Waals surface area contributed by atoms with Crippen LogP contribution in [0.15, 0.2) is 0 Å². The highest BCUT2D eigenvalue weighted by molar-refractivity contribution is 5.79. The fourth-order valence-corrected chi connectivity index (χ4v) is 2.25. The van der Waals surface area contributed by atoms with Crippen molar-refractivity contribution in [2.45, 2.75) is 52.1 Å². The highest BCUT2D eigenvalue weighted by Crippen LogP contribution is 2.26. The number of carbonyl (C=O) groups excluding carboxylic acids is 1. The molecule has 1 aliphatic carbocycles. The van der Waals surface area contributed by atoms with E-state index in [2.05, 4.69) is 13.8 Å². The Morgan fingerprint density at radius 3 is 2.50 bits per heavy atom. The standard InChI is InChI=1S/C11H22N2O/c1-4-13(8(2)3)11(14)9-5-6-10(12)7-9/h8-10H,4-7,12H2,1-3H3/t9-,10+/m0/s1. The van der Waals surface area contributed by atoms with Crippen molar-refractivity contribution >= 4 is 5.91 Å². The van der Waals surface area contributed by atoms with E-state index in [0.29, 0.717) is 11.9 Å². The molecule has 0 heterocycles. The molecule has 82 valence electrons. The van der Waals surface area contributed by atoms with Gasteiger partial charge in [0.25, 0.3) is 0 Å². The van der Waals surface area contributed by atoms with Gasteiger partial charge in [0.05, 0.1) is 0 Å². The number of amides is 1. The summed E-state index contributed by atoms with van der Waals surface area (Å²) in [5.41, 5.74) is 5.81. The van der Waals surface area contributed by atoms with E-state index < -0.39 is 0 Å². The van der Waals surface area contributed by atoms with Gasteiger partial charge in [0, 0.05) is 24.5 Å². The molecule has 0 aliphatic heterocycles. The quantitative estimate of drug-likeness (QED) is 0.744. The second kappa shape index (κ2) is 4.78. The number of rotatable bonds is 3. The highest BCUT2D eigenvalue weighted by Gasteiger charge is 2.31. The van der Waals surface area contributed by atoms with E-state index in [1.807, 2.05) is 11.8 Å². The maximum absolute atomic E-state index is 12.0. The molecule has 1 aliphatic rings. The van der Waals surface area contributed by atoms with Gasteiger partial charge in [-0.2, -0.15) is 0 Å². The molecule has 3 heteroatoms. The van der Waals surface area contributed by atoms with Crippen molar-refractivity contribution in [2.24, 2.45) is 11.7 Å². The summed E-state index contributed by atoms with van der Waals surface area (Å²) in [5, 5.41) is 0. The van der Waals surface area contributed by atoms with Gasteiger partial charge in [-0.15, -0.1) is 0 Å². The Morgan fingerprint density at radius 2 is 2.14 bits per heavy atom. The van der Waals surface area contributed by atoms with E-state index in [1.165, 1.54) is 0 Å². The van der Waals surface area contributed by atoms with Crippen molar-refractivity contribution in [3.63, 3.8) is 0 Å². The van der Waals surface area contributed by atoms with E-state index in [4.69, 9.17) is 5.73 Å². The molecule has 2 N–H and O–H groups in total. The Bertz CT molecular complexity index is 203. The Labute approximate surface area is 86.6 Å². The van der Waals surface area contributed by atoms with Crippen LogP contribution in [0.5, 0.6) is 0 Å². The topological polar surface area (TPSA) is 46.3 Å². The zero-order valence-electron chi connectivity index (χ0n) is 9.49. The molecule has 0 radical (unpaired) electrons. The molecule has 1 fully saturated rings. The molecule has 2 atom stereocenters. The summed E-state index contributed by atoms with van der Waals surface area (Å²) in [5.74, 6) is 0.489. The first kappa shape index (κ1) is 11.5. The number of hydrogen-bond acceptors (Lipinski definition) is 2. The van der Waals surface area contributed by atoms with Crippen molar-refractivity contribution in [3.05, 3.63) is 0 Å². The van der Waals surface area contributed by atoms with Crippen LogP contribution in [0.4, 0.5) is 0 Å². The maximum Gasteiger partial charge on any atom is 0.225 e. The van der Waals surface area contributed by atoms with Gasteiger partial charge in [-0.25, -0.2) is 0 Å². The third kappa shape index (κ3) is 2.47. The molecule has 0 saturated heterocycles. The molecule has 14 heavy (non-hydrogen) atoms. The number of nitrogens with two attached hydrogens (primary N) is 1. The lowest BCUT2D eigenvalue weighted by atomic mass is 10.1. The fraction of sp³-hybridized carbons (Fsp3) is 0.909. The molecule has 1 saturated carbocycles. The predicted octanol–water partition coefficient (Wildman–Crippen LogP) is 1.37. The van der Waals surface area contributed by atoms with Crippen molar-refractivity contribution < 1.29 is 4.79 Å². The molecule has 0 unspecified atom stereocenters. The average Bonchev–Trinajstić information content (AvgIpc) is 2.52. The lowest BCUT2D eigenvalue weighted by Gasteiger charge is -2.28.